The molecule has 0 bridgehead atoms. The Hall–Kier alpha value is -1.85. The van der Waals surface area contributed by atoms with Gasteiger partial charge in [0.15, 0.2) is 5.58 Å². The fourth-order valence-electron chi connectivity index (χ4n) is 1.18. The van der Waals surface area contributed by atoms with Gasteiger partial charge in [0.25, 0.3) is 12.4 Å². The van der Waals surface area contributed by atoms with Crippen molar-refractivity contribution in [1.29, 1.82) is 0 Å². The third kappa shape index (κ3) is 2.15. The molecule has 0 aliphatic heterocycles. The lowest BCUT2D eigenvalue weighted by molar-refractivity contribution is 0.162. The molecule has 80 valence electrons. The van der Waals surface area contributed by atoms with Gasteiger partial charge in [-0.15, -0.1) is 0 Å². The molecule has 0 amide bonds. The van der Waals surface area contributed by atoms with Crippen molar-refractivity contribution < 1.29 is 13.2 Å². The van der Waals surface area contributed by atoms with Crippen molar-refractivity contribution in [3.05, 3.63) is 18.2 Å². The zero-order valence-corrected chi connectivity index (χ0v) is 7.71. The molecule has 2 rings (SSSR count). The van der Waals surface area contributed by atoms with Crippen molar-refractivity contribution in [2.45, 2.75) is 6.43 Å². The van der Waals surface area contributed by atoms with Gasteiger partial charge in [-0.2, -0.15) is 4.98 Å². The van der Waals surface area contributed by atoms with Crippen molar-refractivity contribution in [3.8, 4) is 0 Å². The zero-order chi connectivity index (χ0) is 10.8. The van der Waals surface area contributed by atoms with Crippen LogP contribution in [0.2, 0.25) is 0 Å². The molecule has 1 aromatic carbocycles. The second-order valence-corrected chi connectivity index (χ2v) is 3.02. The smallest absolute Gasteiger partial charge is 0.295 e. The Morgan fingerprint density at radius 3 is 3.00 bits per heavy atom. The minimum atomic E-state index is -2.44. The number of hydrogen-bond donors (Lipinski definition) is 2. The van der Waals surface area contributed by atoms with E-state index in [1.807, 2.05) is 0 Å². The van der Waals surface area contributed by atoms with Crippen molar-refractivity contribution in [2.75, 3.05) is 17.6 Å². The summed E-state index contributed by atoms with van der Waals surface area (Å²) in [4.78, 5) is 3.95. The predicted octanol–water partition coefficient (Wildman–Crippen LogP) is 2.09. The van der Waals surface area contributed by atoms with E-state index in [9.17, 15) is 8.78 Å². The van der Waals surface area contributed by atoms with Crippen LogP contribution in [0.3, 0.4) is 0 Å². The minimum Gasteiger partial charge on any atom is -0.424 e. The molecule has 0 saturated heterocycles. The first-order valence-corrected chi connectivity index (χ1v) is 4.33. The molecule has 0 atom stereocenters. The average Bonchev–Trinajstić information content (AvgIpc) is 2.56. The number of alkyl halides is 2. The van der Waals surface area contributed by atoms with E-state index in [1.54, 1.807) is 18.2 Å². The van der Waals surface area contributed by atoms with E-state index >= 15 is 0 Å². The first kappa shape index (κ1) is 9.70. The molecule has 2 aromatic rings. The lowest BCUT2D eigenvalue weighted by Crippen LogP contribution is -2.10. The van der Waals surface area contributed by atoms with E-state index in [1.165, 1.54) is 0 Å². The molecule has 0 fully saturated rings. The number of aromatic nitrogens is 1. The van der Waals surface area contributed by atoms with Gasteiger partial charge in [0.1, 0.15) is 5.52 Å². The monoisotopic (exact) mass is 213 g/mol. The fourth-order valence-corrected chi connectivity index (χ4v) is 1.18. The highest BCUT2D eigenvalue weighted by molar-refractivity contribution is 5.78. The molecule has 1 heterocycles. The van der Waals surface area contributed by atoms with Gasteiger partial charge in [-0.1, -0.05) is 0 Å². The van der Waals surface area contributed by atoms with Gasteiger partial charge >= 0.3 is 0 Å². The van der Waals surface area contributed by atoms with E-state index in [2.05, 4.69) is 10.3 Å². The van der Waals surface area contributed by atoms with Crippen LogP contribution in [0.5, 0.6) is 0 Å². The maximum absolute atomic E-state index is 11.9. The van der Waals surface area contributed by atoms with Crippen LogP contribution in [0.4, 0.5) is 20.5 Å². The van der Waals surface area contributed by atoms with Crippen LogP contribution in [0.1, 0.15) is 0 Å². The first-order chi connectivity index (χ1) is 7.15. The molecule has 6 heteroatoms. The molecule has 0 aliphatic carbocycles. The van der Waals surface area contributed by atoms with E-state index < -0.39 is 13.0 Å². The SMILES string of the molecule is Nc1ccc2oc(NCC(F)F)nc2c1. The van der Waals surface area contributed by atoms with E-state index in [-0.39, 0.29) is 6.01 Å². The van der Waals surface area contributed by atoms with Crippen LogP contribution in [0.15, 0.2) is 22.6 Å². The van der Waals surface area contributed by atoms with E-state index in [0.29, 0.717) is 16.8 Å². The standard InChI is InChI=1S/C9H9F2N3O/c10-8(11)4-13-9-14-6-3-5(12)1-2-7(6)15-9/h1-3,8H,4,12H2,(H,13,14). The third-order valence-corrected chi connectivity index (χ3v) is 1.82. The maximum atomic E-state index is 11.9. The van der Waals surface area contributed by atoms with Gasteiger partial charge in [-0.25, -0.2) is 8.78 Å². The summed E-state index contributed by atoms with van der Waals surface area (Å²) in [5, 5.41) is 2.38. The lowest BCUT2D eigenvalue weighted by Gasteiger charge is -1.97. The highest BCUT2D eigenvalue weighted by atomic mass is 19.3. The van der Waals surface area contributed by atoms with Crippen molar-refractivity contribution in [3.63, 3.8) is 0 Å². The Morgan fingerprint density at radius 2 is 2.27 bits per heavy atom. The van der Waals surface area contributed by atoms with Crippen LogP contribution in [0, 0.1) is 0 Å². The lowest BCUT2D eigenvalue weighted by atomic mass is 10.3. The average molecular weight is 213 g/mol. The topological polar surface area (TPSA) is 64.1 Å². The largest absolute Gasteiger partial charge is 0.424 e. The number of halogens is 2. The molecule has 1 aromatic heterocycles. The molecular formula is C9H9F2N3O. The molecule has 0 aliphatic rings. The fraction of sp³-hybridized carbons (Fsp3) is 0.222. The molecule has 0 saturated carbocycles. The minimum absolute atomic E-state index is 0.0795. The molecule has 0 spiro atoms. The zero-order valence-electron chi connectivity index (χ0n) is 7.71. The highest BCUT2D eigenvalue weighted by Gasteiger charge is 2.07. The highest BCUT2D eigenvalue weighted by Crippen LogP contribution is 2.20. The first-order valence-electron chi connectivity index (χ1n) is 4.33. The van der Waals surface area contributed by atoms with Crippen LogP contribution in [-0.4, -0.2) is 18.0 Å². The van der Waals surface area contributed by atoms with Crippen molar-refractivity contribution in [2.24, 2.45) is 0 Å². The summed E-state index contributed by atoms with van der Waals surface area (Å²) in [6, 6.07) is 5.00. The number of nitrogens with one attached hydrogen (secondary N) is 1. The van der Waals surface area contributed by atoms with Crippen LogP contribution in [0.25, 0.3) is 11.1 Å². The summed E-state index contributed by atoms with van der Waals surface area (Å²) >= 11 is 0. The summed E-state index contributed by atoms with van der Waals surface area (Å²) in [7, 11) is 0. The van der Waals surface area contributed by atoms with E-state index in [0.717, 1.165) is 0 Å². The number of fused-ring (bicyclic) bond motifs is 1. The number of nitrogens with two attached hydrogens (primary N) is 1. The van der Waals surface area contributed by atoms with Gasteiger partial charge in [0.2, 0.25) is 0 Å². The summed E-state index contributed by atoms with van der Waals surface area (Å²) < 4.78 is 28.9. The number of benzene rings is 1. The maximum Gasteiger partial charge on any atom is 0.295 e. The van der Waals surface area contributed by atoms with E-state index in [4.69, 9.17) is 10.2 Å². The third-order valence-electron chi connectivity index (χ3n) is 1.82. The Morgan fingerprint density at radius 1 is 1.47 bits per heavy atom. The summed E-state index contributed by atoms with van der Waals surface area (Å²) in [5.41, 5.74) is 7.15. The quantitative estimate of drug-likeness (QED) is 0.766. The Balaban J connectivity index is 2.23. The van der Waals surface area contributed by atoms with Crippen LogP contribution in [-0.2, 0) is 0 Å². The number of nitrogens with zero attached hydrogens (tertiary/aromatic N) is 1. The summed E-state index contributed by atoms with van der Waals surface area (Å²) in [6.07, 6.45) is -2.44. The molecule has 0 radical (unpaired) electrons. The molecule has 15 heavy (non-hydrogen) atoms. The van der Waals surface area contributed by atoms with Crippen molar-refractivity contribution in [1.82, 2.24) is 4.98 Å². The molecule has 4 nitrogen and oxygen atoms in total. The van der Waals surface area contributed by atoms with Gasteiger partial charge in [0, 0.05) is 5.69 Å². The van der Waals surface area contributed by atoms with Gasteiger partial charge in [-0.05, 0) is 18.2 Å². The Labute approximate surface area is 84.1 Å². The Kier molecular flexibility index (Phi) is 2.40. The summed E-state index contributed by atoms with van der Waals surface area (Å²) in [5.74, 6) is 0. The molecule has 3 N–H and O–H groups in total. The van der Waals surface area contributed by atoms with Crippen molar-refractivity contribution >= 4 is 22.8 Å². The number of hydrogen-bond acceptors (Lipinski definition) is 4. The number of nitrogen functional groups attached to an aromatic ring is 1. The number of oxazole rings is 1. The Bertz CT molecular complexity index is 469. The van der Waals surface area contributed by atoms with Crippen LogP contribution >= 0.6 is 0 Å². The van der Waals surface area contributed by atoms with Gasteiger partial charge in [-0.3, -0.25) is 0 Å². The molecule has 0 unspecified atom stereocenters. The second kappa shape index (κ2) is 3.72. The predicted molar refractivity (Wildman–Crippen MR) is 52.9 cm³/mol. The second-order valence-electron chi connectivity index (χ2n) is 3.02. The normalized spacial score (nSPS) is 11.1. The van der Waals surface area contributed by atoms with Crippen LogP contribution < -0.4 is 11.1 Å². The molecular weight excluding hydrogens is 204 g/mol. The summed E-state index contributed by atoms with van der Waals surface area (Å²) in [6.45, 7) is -0.484. The number of rotatable bonds is 3. The number of anilines is 2. The van der Waals surface area contributed by atoms with Gasteiger partial charge in [0.05, 0.1) is 6.54 Å². The van der Waals surface area contributed by atoms with Gasteiger partial charge < -0.3 is 15.5 Å².